The van der Waals surface area contributed by atoms with E-state index in [1.807, 2.05) is 0 Å². The van der Waals surface area contributed by atoms with Crippen molar-refractivity contribution >= 4 is 11.6 Å². The molecule has 0 bridgehead atoms. The molecule has 146 valence electrons. The fourth-order valence-corrected chi connectivity index (χ4v) is 2.03. The molecule has 0 radical (unpaired) electrons. The first-order valence-corrected chi connectivity index (χ1v) is 7.64. The van der Waals surface area contributed by atoms with Gasteiger partial charge in [-0.25, -0.2) is 13.8 Å². The van der Waals surface area contributed by atoms with E-state index in [0.717, 1.165) is 6.07 Å². The van der Waals surface area contributed by atoms with Crippen LogP contribution in [-0.4, -0.2) is 25.4 Å². The summed E-state index contributed by atoms with van der Waals surface area (Å²) in [7, 11) is 0. The molecule has 0 saturated carbocycles. The summed E-state index contributed by atoms with van der Waals surface area (Å²) in [6, 6.07) is 11.7. The standard InChI is InChI=1S/C17H16F5N3O2/c18-15(19)10-26-12-5-3-4-11(8-12)9-24-16(23)25-13-6-1-2-7-14(13)27-17(20,21)22/h1-8,15H,9-10H2,(H3,23,24,25). The second kappa shape index (κ2) is 9.06. The second-order valence-corrected chi connectivity index (χ2v) is 5.22. The first-order chi connectivity index (χ1) is 12.7. The number of hydrogen-bond donors (Lipinski definition) is 2. The van der Waals surface area contributed by atoms with E-state index >= 15 is 0 Å². The zero-order valence-corrected chi connectivity index (χ0v) is 13.8. The van der Waals surface area contributed by atoms with Crippen LogP contribution in [0.25, 0.3) is 0 Å². The van der Waals surface area contributed by atoms with E-state index in [-0.39, 0.29) is 23.9 Å². The minimum atomic E-state index is -4.84. The van der Waals surface area contributed by atoms with Gasteiger partial charge >= 0.3 is 6.36 Å². The topological polar surface area (TPSA) is 68.9 Å². The first-order valence-electron chi connectivity index (χ1n) is 7.64. The van der Waals surface area contributed by atoms with E-state index in [4.69, 9.17) is 10.5 Å². The van der Waals surface area contributed by atoms with Crippen LogP contribution in [0.2, 0.25) is 0 Å². The van der Waals surface area contributed by atoms with Crippen molar-refractivity contribution in [3.8, 4) is 11.5 Å². The molecule has 0 unspecified atom stereocenters. The number of halogens is 5. The molecule has 0 aromatic heterocycles. The third-order valence-corrected chi connectivity index (χ3v) is 3.08. The molecule has 0 aliphatic heterocycles. The third kappa shape index (κ3) is 7.38. The van der Waals surface area contributed by atoms with Crippen molar-refractivity contribution in [2.45, 2.75) is 19.3 Å². The number of hydrogen-bond acceptors (Lipinski definition) is 3. The average Bonchev–Trinajstić information content (AvgIpc) is 2.59. The summed E-state index contributed by atoms with van der Waals surface area (Å²) in [4.78, 5) is 4.01. The van der Waals surface area contributed by atoms with Crippen LogP contribution < -0.4 is 20.5 Å². The molecule has 5 nitrogen and oxygen atoms in total. The van der Waals surface area contributed by atoms with Crippen LogP contribution in [0.1, 0.15) is 5.56 Å². The van der Waals surface area contributed by atoms with E-state index in [2.05, 4.69) is 15.0 Å². The number of para-hydroxylation sites is 2. The zero-order chi connectivity index (χ0) is 19.9. The predicted molar refractivity (Wildman–Crippen MR) is 90.0 cm³/mol. The summed E-state index contributed by atoms with van der Waals surface area (Å²) in [6.45, 7) is -0.667. The third-order valence-electron chi connectivity index (χ3n) is 3.08. The number of alkyl halides is 5. The lowest BCUT2D eigenvalue weighted by Gasteiger charge is -2.14. The maximum absolute atomic E-state index is 12.4. The van der Waals surface area contributed by atoms with Crippen molar-refractivity contribution in [2.75, 3.05) is 11.9 Å². The summed E-state index contributed by atoms with van der Waals surface area (Å²) in [5.41, 5.74) is 6.30. The van der Waals surface area contributed by atoms with Crippen molar-refractivity contribution in [3.05, 3.63) is 54.1 Å². The molecule has 10 heteroatoms. The van der Waals surface area contributed by atoms with E-state index in [9.17, 15) is 22.0 Å². The van der Waals surface area contributed by atoms with Gasteiger partial charge in [0.05, 0.1) is 12.2 Å². The molecule has 0 saturated heterocycles. The van der Waals surface area contributed by atoms with Crippen LogP contribution in [-0.2, 0) is 6.54 Å². The zero-order valence-electron chi connectivity index (χ0n) is 13.8. The highest BCUT2D eigenvalue weighted by Crippen LogP contribution is 2.29. The molecular formula is C17H16F5N3O2. The Bertz CT molecular complexity index is 781. The average molecular weight is 389 g/mol. The van der Waals surface area contributed by atoms with E-state index < -0.39 is 25.1 Å². The molecule has 0 fully saturated rings. The summed E-state index contributed by atoms with van der Waals surface area (Å²) in [6.07, 6.45) is -7.44. The van der Waals surface area contributed by atoms with Gasteiger partial charge in [-0.3, -0.25) is 0 Å². The molecule has 0 atom stereocenters. The number of nitrogens with one attached hydrogen (secondary N) is 1. The minimum Gasteiger partial charge on any atom is -0.488 e. The molecule has 2 aromatic carbocycles. The highest BCUT2D eigenvalue weighted by atomic mass is 19.4. The van der Waals surface area contributed by atoms with Gasteiger partial charge in [0.1, 0.15) is 12.4 Å². The second-order valence-electron chi connectivity index (χ2n) is 5.22. The van der Waals surface area contributed by atoms with Gasteiger partial charge in [0.15, 0.2) is 11.7 Å². The Morgan fingerprint density at radius 2 is 1.85 bits per heavy atom. The number of guanidine groups is 1. The number of nitrogens with two attached hydrogens (primary N) is 1. The maximum atomic E-state index is 12.4. The van der Waals surface area contributed by atoms with Crippen molar-refractivity contribution in [1.82, 2.24) is 0 Å². The van der Waals surface area contributed by atoms with Crippen molar-refractivity contribution < 1.29 is 31.4 Å². The number of anilines is 1. The lowest BCUT2D eigenvalue weighted by atomic mass is 10.2. The highest BCUT2D eigenvalue weighted by Gasteiger charge is 2.32. The van der Waals surface area contributed by atoms with Gasteiger partial charge in [0.2, 0.25) is 0 Å². The van der Waals surface area contributed by atoms with Gasteiger partial charge < -0.3 is 20.5 Å². The lowest BCUT2D eigenvalue weighted by molar-refractivity contribution is -0.274. The fraction of sp³-hybridized carbons (Fsp3) is 0.235. The summed E-state index contributed by atoms with van der Waals surface area (Å²) in [5.74, 6) is -0.351. The van der Waals surface area contributed by atoms with Crippen LogP contribution >= 0.6 is 0 Å². The molecule has 0 aliphatic rings. The van der Waals surface area contributed by atoms with Gasteiger partial charge in [0, 0.05) is 0 Å². The Morgan fingerprint density at radius 1 is 1.11 bits per heavy atom. The Morgan fingerprint density at radius 3 is 2.56 bits per heavy atom. The van der Waals surface area contributed by atoms with Gasteiger partial charge in [0.25, 0.3) is 6.43 Å². The normalized spacial score (nSPS) is 12.1. The van der Waals surface area contributed by atoms with Crippen LogP contribution in [0.5, 0.6) is 11.5 Å². The van der Waals surface area contributed by atoms with E-state index in [1.165, 1.54) is 30.3 Å². The molecule has 27 heavy (non-hydrogen) atoms. The quantitative estimate of drug-likeness (QED) is 0.424. The monoisotopic (exact) mass is 389 g/mol. The van der Waals surface area contributed by atoms with Gasteiger partial charge in [-0.1, -0.05) is 24.3 Å². The van der Waals surface area contributed by atoms with Crippen molar-refractivity contribution in [3.63, 3.8) is 0 Å². The number of nitrogens with zero attached hydrogens (tertiary/aromatic N) is 1. The number of ether oxygens (including phenoxy) is 2. The van der Waals surface area contributed by atoms with Gasteiger partial charge in [-0.15, -0.1) is 13.2 Å². The van der Waals surface area contributed by atoms with Crippen LogP contribution in [0.3, 0.4) is 0 Å². The van der Waals surface area contributed by atoms with Crippen LogP contribution in [0, 0.1) is 0 Å². The number of rotatable bonds is 7. The van der Waals surface area contributed by atoms with Crippen LogP contribution in [0.15, 0.2) is 53.5 Å². The van der Waals surface area contributed by atoms with Gasteiger partial charge in [-0.05, 0) is 29.8 Å². The molecule has 2 rings (SSSR count). The Labute approximate surface area is 151 Å². The fourth-order valence-electron chi connectivity index (χ4n) is 2.03. The summed E-state index contributed by atoms with van der Waals surface area (Å²) < 4.78 is 70.4. The predicted octanol–water partition coefficient (Wildman–Crippen LogP) is 4.16. The number of aliphatic imine (C=N–C) groups is 1. The first kappa shape index (κ1) is 20.3. The lowest BCUT2D eigenvalue weighted by Crippen LogP contribution is -2.24. The highest BCUT2D eigenvalue weighted by molar-refractivity contribution is 5.93. The molecular weight excluding hydrogens is 373 g/mol. The molecule has 2 aromatic rings. The minimum absolute atomic E-state index is 0.00917. The molecule has 0 spiro atoms. The Balaban J connectivity index is 2.02. The summed E-state index contributed by atoms with van der Waals surface area (Å²) in [5, 5.41) is 2.53. The number of benzene rings is 2. The van der Waals surface area contributed by atoms with Crippen molar-refractivity contribution in [1.29, 1.82) is 0 Å². The largest absolute Gasteiger partial charge is 0.573 e. The van der Waals surface area contributed by atoms with E-state index in [0.29, 0.717) is 5.56 Å². The Kier molecular flexibility index (Phi) is 6.80. The molecule has 3 N–H and O–H groups in total. The maximum Gasteiger partial charge on any atom is 0.573 e. The molecule has 0 heterocycles. The smallest absolute Gasteiger partial charge is 0.488 e. The van der Waals surface area contributed by atoms with Gasteiger partial charge in [-0.2, -0.15) is 0 Å². The van der Waals surface area contributed by atoms with E-state index in [1.54, 1.807) is 12.1 Å². The molecule has 0 aliphatic carbocycles. The summed E-state index contributed by atoms with van der Waals surface area (Å²) >= 11 is 0. The molecule has 0 amide bonds. The van der Waals surface area contributed by atoms with Crippen molar-refractivity contribution in [2.24, 2.45) is 10.7 Å². The SMILES string of the molecule is NC(=NCc1cccc(OCC(F)F)c1)Nc1ccccc1OC(F)(F)F. The van der Waals surface area contributed by atoms with Crippen LogP contribution in [0.4, 0.5) is 27.6 Å². The Hall–Kier alpha value is -3.04.